The molecule has 0 spiro atoms. The van der Waals surface area contributed by atoms with Crippen molar-refractivity contribution in [2.45, 2.75) is 0 Å². The first-order chi connectivity index (χ1) is 23.8. The summed E-state index contributed by atoms with van der Waals surface area (Å²) in [7, 11) is 0. The van der Waals surface area contributed by atoms with Crippen LogP contribution in [-0.4, -0.2) is 34.9 Å². The molecular weight excluding hydrogens is 591 g/mol. The van der Waals surface area contributed by atoms with Crippen molar-refractivity contribution < 1.29 is 0 Å². The summed E-state index contributed by atoms with van der Waals surface area (Å²) >= 11 is 0. The smallest absolute Gasteiger partial charge is 0.164 e. The Morgan fingerprint density at radius 1 is 0.250 bits per heavy atom. The van der Waals surface area contributed by atoms with Crippen LogP contribution in [0.5, 0.6) is 0 Å². The summed E-state index contributed by atoms with van der Waals surface area (Å²) in [5.74, 6) is 1.81. The van der Waals surface area contributed by atoms with Gasteiger partial charge in [0.25, 0.3) is 0 Å². The number of hydrogen-bond acceptors (Lipinski definition) is 7. The lowest BCUT2D eigenvalue weighted by atomic mass is 10.1. The Kier molecular flexibility index (Phi) is 7.74. The molecule has 0 aliphatic carbocycles. The van der Waals surface area contributed by atoms with Gasteiger partial charge >= 0.3 is 0 Å². The van der Waals surface area contributed by atoms with Gasteiger partial charge in [0.1, 0.15) is 0 Å². The Balaban J connectivity index is 1.09. The zero-order valence-electron chi connectivity index (χ0n) is 25.7. The highest BCUT2D eigenvalue weighted by Crippen LogP contribution is 2.29. The first kappa shape index (κ1) is 28.7. The zero-order valence-corrected chi connectivity index (χ0v) is 25.7. The molecule has 0 aliphatic heterocycles. The van der Waals surface area contributed by atoms with Crippen molar-refractivity contribution in [2.75, 3.05) is 0 Å². The zero-order chi connectivity index (χ0) is 32.1. The molecule has 3 aromatic carbocycles. The van der Waals surface area contributed by atoms with Crippen LogP contribution in [0.4, 0.5) is 0 Å². The molecule has 0 atom stereocenters. The largest absolute Gasteiger partial charge is 0.256 e. The predicted octanol–water partition coefficient (Wildman–Crippen LogP) is 9.12. The van der Waals surface area contributed by atoms with Gasteiger partial charge < -0.3 is 0 Å². The SMILES string of the molecule is c1ccc(-c2nc(-c3ccc(-c4ccc(-c5ccccn5)cn4)cc3)nc(-c3ccc(-c4ccc(-c5ccccn5)cn4)cc3)n2)cc1. The fraction of sp³-hybridized carbons (Fsp3) is 0. The van der Waals surface area contributed by atoms with Crippen molar-refractivity contribution in [2.24, 2.45) is 0 Å². The van der Waals surface area contributed by atoms with Gasteiger partial charge in [-0.2, -0.15) is 0 Å². The van der Waals surface area contributed by atoms with Gasteiger partial charge in [-0.1, -0.05) is 91.0 Å². The standard InChI is InChI=1S/C41H27N7/c1-2-8-30(9-3-1)39-46-40(31-16-12-28(13-17-31)37-22-20-33(26-44-37)35-10-4-6-24-42-35)48-41(47-39)32-18-14-29(15-19-32)38-23-21-34(27-45-38)36-11-5-7-25-43-36/h1-27H. The van der Waals surface area contributed by atoms with Crippen LogP contribution in [-0.2, 0) is 0 Å². The fourth-order valence-electron chi connectivity index (χ4n) is 5.43. The first-order valence-corrected chi connectivity index (χ1v) is 15.5. The average Bonchev–Trinajstić information content (AvgIpc) is 3.19. The second kappa shape index (κ2) is 12.9. The van der Waals surface area contributed by atoms with E-state index in [0.717, 1.165) is 61.7 Å². The maximum Gasteiger partial charge on any atom is 0.164 e. The lowest BCUT2D eigenvalue weighted by Gasteiger charge is -2.10. The van der Waals surface area contributed by atoms with Crippen molar-refractivity contribution in [3.05, 3.63) is 164 Å². The highest BCUT2D eigenvalue weighted by Gasteiger charge is 2.13. The first-order valence-electron chi connectivity index (χ1n) is 15.5. The second-order valence-electron chi connectivity index (χ2n) is 11.1. The van der Waals surface area contributed by atoms with Gasteiger partial charge in [-0.3, -0.25) is 19.9 Å². The number of benzene rings is 3. The number of nitrogens with zero attached hydrogens (tertiary/aromatic N) is 7. The van der Waals surface area contributed by atoms with E-state index in [0.29, 0.717) is 17.5 Å². The van der Waals surface area contributed by atoms with E-state index < -0.39 is 0 Å². The van der Waals surface area contributed by atoms with Gasteiger partial charge in [0.05, 0.1) is 22.8 Å². The average molecular weight is 618 g/mol. The molecule has 8 aromatic rings. The highest BCUT2D eigenvalue weighted by molar-refractivity contribution is 5.72. The minimum absolute atomic E-state index is 0.597. The Bertz CT molecular complexity index is 2130. The van der Waals surface area contributed by atoms with Crippen molar-refractivity contribution in [3.63, 3.8) is 0 Å². The van der Waals surface area contributed by atoms with E-state index in [-0.39, 0.29) is 0 Å². The maximum absolute atomic E-state index is 4.93. The molecule has 5 heterocycles. The van der Waals surface area contributed by atoms with E-state index in [2.05, 4.69) is 9.97 Å². The van der Waals surface area contributed by atoms with E-state index in [1.165, 1.54) is 0 Å². The monoisotopic (exact) mass is 617 g/mol. The van der Waals surface area contributed by atoms with Gasteiger partial charge in [0.2, 0.25) is 0 Å². The molecule has 226 valence electrons. The van der Waals surface area contributed by atoms with Gasteiger partial charge in [0.15, 0.2) is 17.5 Å². The van der Waals surface area contributed by atoms with Gasteiger partial charge in [-0.15, -0.1) is 0 Å². The van der Waals surface area contributed by atoms with Gasteiger partial charge in [-0.05, 0) is 48.5 Å². The van der Waals surface area contributed by atoms with Gasteiger partial charge in [-0.25, -0.2) is 15.0 Å². The molecular formula is C41H27N7. The molecule has 0 saturated carbocycles. The highest BCUT2D eigenvalue weighted by atomic mass is 15.0. The Morgan fingerprint density at radius 2 is 0.604 bits per heavy atom. The predicted molar refractivity (Wildman–Crippen MR) is 189 cm³/mol. The van der Waals surface area contributed by atoms with E-state index in [1.54, 1.807) is 12.4 Å². The van der Waals surface area contributed by atoms with Crippen LogP contribution in [0.25, 0.3) is 79.2 Å². The summed E-state index contributed by atoms with van der Waals surface area (Å²) < 4.78 is 0. The van der Waals surface area contributed by atoms with E-state index in [9.17, 15) is 0 Å². The lowest BCUT2D eigenvalue weighted by Crippen LogP contribution is -2.00. The summed E-state index contributed by atoms with van der Waals surface area (Å²) in [5, 5.41) is 0. The summed E-state index contributed by atoms with van der Waals surface area (Å²) in [5.41, 5.74) is 10.2. The summed E-state index contributed by atoms with van der Waals surface area (Å²) in [4.78, 5) is 32.9. The molecule has 48 heavy (non-hydrogen) atoms. The maximum atomic E-state index is 4.93. The van der Waals surface area contributed by atoms with E-state index >= 15 is 0 Å². The minimum Gasteiger partial charge on any atom is -0.256 e. The summed E-state index contributed by atoms with van der Waals surface area (Å²) in [6.07, 6.45) is 7.28. The molecule has 0 saturated heterocycles. The molecule has 7 nitrogen and oxygen atoms in total. The van der Waals surface area contributed by atoms with Crippen molar-refractivity contribution in [1.82, 2.24) is 34.9 Å². The third-order valence-corrected chi connectivity index (χ3v) is 7.99. The van der Waals surface area contributed by atoms with Crippen LogP contribution >= 0.6 is 0 Å². The number of aromatic nitrogens is 7. The molecule has 0 radical (unpaired) electrons. The normalized spacial score (nSPS) is 10.9. The molecule has 0 aliphatic rings. The quantitative estimate of drug-likeness (QED) is 0.176. The summed E-state index contributed by atoms with van der Waals surface area (Å²) in [6, 6.07) is 46.1. The molecule has 8 rings (SSSR count). The third-order valence-electron chi connectivity index (χ3n) is 7.99. The van der Waals surface area contributed by atoms with Crippen molar-refractivity contribution in [1.29, 1.82) is 0 Å². The van der Waals surface area contributed by atoms with E-state index in [4.69, 9.17) is 24.9 Å². The van der Waals surface area contributed by atoms with Crippen LogP contribution < -0.4 is 0 Å². The molecule has 0 amide bonds. The Labute approximate surface area is 277 Å². The van der Waals surface area contributed by atoms with Crippen LogP contribution in [0.2, 0.25) is 0 Å². The molecule has 5 aromatic heterocycles. The van der Waals surface area contributed by atoms with Gasteiger partial charge in [0, 0.05) is 63.7 Å². The van der Waals surface area contributed by atoms with Crippen LogP contribution in [0.15, 0.2) is 164 Å². The molecule has 0 N–H and O–H groups in total. The molecule has 0 unspecified atom stereocenters. The fourth-order valence-corrected chi connectivity index (χ4v) is 5.43. The number of pyridine rings is 4. The van der Waals surface area contributed by atoms with Crippen LogP contribution in [0, 0.1) is 0 Å². The van der Waals surface area contributed by atoms with Crippen LogP contribution in [0.3, 0.4) is 0 Å². The second-order valence-corrected chi connectivity index (χ2v) is 11.1. The topological polar surface area (TPSA) is 90.2 Å². The Hall–Kier alpha value is -6.73. The number of rotatable bonds is 7. The van der Waals surface area contributed by atoms with Crippen molar-refractivity contribution >= 4 is 0 Å². The molecule has 0 fully saturated rings. The number of hydrogen-bond donors (Lipinski definition) is 0. The lowest BCUT2D eigenvalue weighted by molar-refractivity contribution is 1.07. The van der Waals surface area contributed by atoms with Crippen LogP contribution in [0.1, 0.15) is 0 Å². The third kappa shape index (κ3) is 6.08. The Morgan fingerprint density at radius 3 is 0.979 bits per heavy atom. The summed E-state index contributed by atoms with van der Waals surface area (Å²) in [6.45, 7) is 0. The van der Waals surface area contributed by atoms with Crippen molar-refractivity contribution in [3.8, 4) is 79.2 Å². The minimum atomic E-state index is 0.597. The molecule has 0 bridgehead atoms. The molecule has 7 heteroatoms. The van der Waals surface area contributed by atoms with E-state index in [1.807, 2.05) is 152 Å².